The number of hydrogen-bond acceptors (Lipinski definition) is 4. The third kappa shape index (κ3) is 2.57. The summed E-state index contributed by atoms with van der Waals surface area (Å²) >= 11 is 0. The van der Waals surface area contributed by atoms with Crippen molar-refractivity contribution in [3.8, 4) is 0 Å². The third-order valence-corrected chi connectivity index (χ3v) is 2.74. The van der Waals surface area contributed by atoms with Crippen molar-refractivity contribution in [2.75, 3.05) is 19.7 Å². The summed E-state index contributed by atoms with van der Waals surface area (Å²) in [6.07, 6.45) is 0.842. The zero-order valence-corrected chi connectivity index (χ0v) is 9.77. The Morgan fingerprint density at radius 1 is 1.41 bits per heavy atom. The molecule has 0 amide bonds. The lowest BCUT2D eigenvalue weighted by atomic mass is 10.1. The largest absolute Gasteiger partial charge is 0.419 e. The maximum Gasteiger partial charge on any atom is 0.419 e. The maximum atomic E-state index is 11.3. The van der Waals surface area contributed by atoms with Gasteiger partial charge in [0.25, 0.3) is 0 Å². The molecule has 0 atom stereocenters. The molecule has 2 N–H and O–H groups in total. The summed E-state index contributed by atoms with van der Waals surface area (Å²) in [5, 5.41) is 11.7. The van der Waals surface area contributed by atoms with Crippen molar-refractivity contribution in [2.45, 2.75) is 6.42 Å². The van der Waals surface area contributed by atoms with Crippen LogP contribution in [0.3, 0.4) is 0 Å². The normalized spacial score (nSPS) is 11.2. The van der Waals surface area contributed by atoms with Gasteiger partial charge in [0, 0.05) is 13.6 Å². The third-order valence-electron chi connectivity index (χ3n) is 2.74. The number of aliphatic hydroxyl groups excluding tert-OH is 1. The molecule has 0 aliphatic rings. The Kier molecular flexibility index (Phi) is 3.61. The summed E-state index contributed by atoms with van der Waals surface area (Å²) in [6.45, 7) is 1.54. The maximum absolute atomic E-state index is 11.3. The van der Waals surface area contributed by atoms with Crippen molar-refractivity contribution in [1.82, 2.24) is 9.88 Å². The minimum Gasteiger partial charge on any atom is -0.408 e. The Hall–Kier alpha value is -1.59. The summed E-state index contributed by atoms with van der Waals surface area (Å²) in [7, 11) is 1.69. The van der Waals surface area contributed by atoms with Crippen LogP contribution in [0.15, 0.2) is 27.4 Å². The Morgan fingerprint density at radius 3 is 3.00 bits per heavy atom. The van der Waals surface area contributed by atoms with Gasteiger partial charge in [0.2, 0.25) is 0 Å². The highest BCUT2D eigenvalue weighted by Crippen LogP contribution is 2.14. The van der Waals surface area contributed by atoms with Crippen LogP contribution >= 0.6 is 0 Å². The number of nitrogens with one attached hydrogen (secondary N) is 1. The lowest BCUT2D eigenvalue weighted by Gasteiger charge is -2.02. The van der Waals surface area contributed by atoms with Crippen LogP contribution in [0.1, 0.15) is 5.56 Å². The molecule has 0 unspecified atom stereocenters. The van der Waals surface area contributed by atoms with Gasteiger partial charge in [-0.2, -0.15) is 0 Å². The van der Waals surface area contributed by atoms with Gasteiger partial charge in [-0.1, -0.05) is 6.07 Å². The van der Waals surface area contributed by atoms with Gasteiger partial charge in [-0.3, -0.25) is 4.57 Å². The molecule has 1 aromatic heterocycles. The highest BCUT2D eigenvalue weighted by atomic mass is 16.4. The number of oxazole rings is 1. The van der Waals surface area contributed by atoms with Crippen molar-refractivity contribution in [3.05, 3.63) is 34.3 Å². The summed E-state index contributed by atoms with van der Waals surface area (Å²) in [4.78, 5) is 11.3. The fourth-order valence-electron chi connectivity index (χ4n) is 1.77. The first-order valence-corrected chi connectivity index (χ1v) is 5.62. The molecule has 0 fully saturated rings. The monoisotopic (exact) mass is 236 g/mol. The molecule has 17 heavy (non-hydrogen) atoms. The molecule has 0 aliphatic heterocycles. The summed E-state index contributed by atoms with van der Waals surface area (Å²) in [5.41, 5.74) is 2.54. The Bertz CT molecular complexity index is 556. The molecular formula is C12H16N2O3. The van der Waals surface area contributed by atoms with Crippen LogP contribution < -0.4 is 11.1 Å². The van der Waals surface area contributed by atoms with Crippen LogP contribution in [0, 0.1) is 0 Å². The van der Waals surface area contributed by atoms with E-state index in [1.807, 2.05) is 18.2 Å². The number of aryl methyl sites for hydroxylation is 1. The van der Waals surface area contributed by atoms with E-state index in [1.165, 1.54) is 4.57 Å². The van der Waals surface area contributed by atoms with Gasteiger partial charge in [-0.15, -0.1) is 0 Å². The number of aliphatic hydroxyl groups is 1. The van der Waals surface area contributed by atoms with Gasteiger partial charge < -0.3 is 14.8 Å². The van der Waals surface area contributed by atoms with Crippen LogP contribution in [0.25, 0.3) is 11.1 Å². The van der Waals surface area contributed by atoms with Gasteiger partial charge in [0.1, 0.15) is 0 Å². The second kappa shape index (κ2) is 5.16. The van der Waals surface area contributed by atoms with E-state index in [2.05, 4.69) is 5.32 Å². The molecule has 0 aliphatic carbocycles. The number of aromatic nitrogens is 1. The van der Waals surface area contributed by atoms with Crippen molar-refractivity contribution < 1.29 is 9.52 Å². The Morgan fingerprint density at radius 2 is 2.24 bits per heavy atom. The number of nitrogens with zero attached hydrogens (tertiary/aromatic N) is 1. The molecule has 5 heteroatoms. The fraction of sp³-hybridized carbons (Fsp3) is 0.417. The Labute approximate surface area is 98.7 Å². The van der Waals surface area contributed by atoms with Crippen LogP contribution in [-0.2, 0) is 13.5 Å². The SMILES string of the molecule is Cn1c(=O)oc2cc(CCNCCO)ccc21. The molecular weight excluding hydrogens is 220 g/mol. The molecule has 0 bridgehead atoms. The Balaban J connectivity index is 2.12. The second-order valence-electron chi connectivity index (χ2n) is 3.95. The molecule has 0 saturated heterocycles. The van der Waals surface area contributed by atoms with E-state index in [9.17, 15) is 4.79 Å². The van der Waals surface area contributed by atoms with E-state index < -0.39 is 0 Å². The second-order valence-corrected chi connectivity index (χ2v) is 3.95. The van der Waals surface area contributed by atoms with E-state index in [4.69, 9.17) is 9.52 Å². The average Bonchev–Trinajstić information content (AvgIpc) is 2.61. The average molecular weight is 236 g/mol. The zero-order valence-electron chi connectivity index (χ0n) is 9.77. The van der Waals surface area contributed by atoms with Crippen LogP contribution in [0.5, 0.6) is 0 Å². The predicted molar refractivity (Wildman–Crippen MR) is 65.1 cm³/mol. The number of benzene rings is 1. The minimum absolute atomic E-state index is 0.145. The van der Waals surface area contributed by atoms with Gasteiger partial charge in [0.15, 0.2) is 5.58 Å². The van der Waals surface area contributed by atoms with Crippen molar-refractivity contribution in [1.29, 1.82) is 0 Å². The van der Waals surface area contributed by atoms with E-state index in [-0.39, 0.29) is 12.4 Å². The highest BCUT2D eigenvalue weighted by Gasteiger charge is 2.05. The summed E-state index contributed by atoms with van der Waals surface area (Å²) in [6, 6.07) is 5.76. The van der Waals surface area contributed by atoms with Crippen molar-refractivity contribution >= 4 is 11.1 Å². The highest BCUT2D eigenvalue weighted by molar-refractivity contribution is 5.73. The number of hydrogen-bond donors (Lipinski definition) is 2. The number of fused-ring (bicyclic) bond motifs is 1. The van der Waals surface area contributed by atoms with E-state index in [0.29, 0.717) is 12.1 Å². The number of rotatable bonds is 5. The lowest BCUT2D eigenvalue weighted by molar-refractivity contribution is 0.293. The van der Waals surface area contributed by atoms with Gasteiger partial charge in [0.05, 0.1) is 12.1 Å². The molecule has 92 valence electrons. The molecule has 1 heterocycles. The first-order chi connectivity index (χ1) is 8.22. The smallest absolute Gasteiger partial charge is 0.408 e. The van der Waals surface area contributed by atoms with E-state index >= 15 is 0 Å². The van der Waals surface area contributed by atoms with Crippen molar-refractivity contribution in [3.63, 3.8) is 0 Å². The topological polar surface area (TPSA) is 67.4 Å². The first-order valence-electron chi connectivity index (χ1n) is 5.62. The molecule has 1 aromatic carbocycles. The minimum atomic E-state index is -0.337. The van der Waals surface area contributed by atoms with E-state index in [1.54, 1.807) is 7.05 Å². The zero-order chi connectivity index (χ0) is 12.3. The van der Waals surface area contributed by atoms with Gasteiger partial charge >= 0.3 is 5.76 Å². The van der Waals surface area contributed by atoms with Crippen LogP contribution in [0.4, 0.5) is 0 Å². The molecule has 0 saturated carbocycles. The van der Waals surface area contributed by atoms with Gasteiger partial charge in [-0.05, 0) is 30.7 Å². The first kappa shape index (κ1) is 11.9. The van der Waals surface area contributed by atoms with Crippen molar-refractivity contribution in [2.24, 2.45) is 7.05 Å². The molecule has 2 aromatic rings. The molecule has 0 radical (unpaired) electrons. The molecule has 0 spiro atoms. The quantitative estimate of drug-likeness (QED) is 0.731. The predicted octanol–water partition coefficient (Wildman–Crippen LogP) is 0.256. The molecule has 5 nitrogen and oxygen atoms in total. The standard InChI is InChI=1S/C12H16N2O3/c1-14-10-3-2-9(4-5-13-6-7-15)8-11(10)17-12(14)16/h2-3,8,13,15H,4-7H2,1H3. The fourth-order valence-corrected chi connectivity index (χ4v) is 1.77. The molecule has 2 rings (SSSR count). The van der Waals surface area contributed by atoms with Crippen LogP contribution in [-0.4, -0.2) is 29.4 Å². The summed E-state index contributed by atoms with van der Waals surface area (Å²) in [5.74, 6) is -0.337. The lowest BCUT2D eigenvalue weighted by Crippen LogP contribution is -2.20. The van der Waals surface area contributed by atoms with Crippen LogP contribution in [0.2, 0.25) is 0 Å². The van der Waals surface area contributed by atoms with Gasteiger partial charge in [-0.25, -0.2) is 4.79 Å². The summed E-state index contributed by atoms with van der Waals surface area (Å²) < 4.78 is 6.60. The van der Waals surface area contributed by atoms with E-state index in [0.717, 1.165) is 24.0 Å².